The largest absolute Gasteiger partial charge is 0.490 e. The number of benzene rings is 2. The molecule has 2 aliphatic rings. The fourth-order valence-electron chi connectivity index (χ4n) is 5.05. The molecule has 2 aromatic carbocycles. The van der Waals surface area contributed by atoms with Crippen molar-refractivity contribution < 1.29 is 48.3 Å². The van der Waals surface area contributed by atoms with Crippen molar-refractivity contribution in [1.29, 1.82) is 5.26 Å². The number of nitrogens with zero attached hydrogens (tertiary/aromatic N) is 1. The van der Waals surface area contributed by atoms with Crippen molar-refractivity contribution in [1.82, 2.24) is 0 Å². The molecule has 0 radical (unpaired) electrons. The van der Waals surface area contributed by atoms with Crippen LogP contribution in [0.4, 0.5) is 22.0 Å². The fraction of sp³-hybridized carbons (Fsp3) is 0.435. The summed E-state index contributed by atoms with van der Waals surface area (Å²) in [7, 11) is -9.21. The molecule has 200 valence electrons. The molecule has 1 saturated heterocycles. The summed E-state index contributed by atoms with van der Waals surface area (Å²) in [5.74, 6) is -7.03. The summed E-state index contributed by atoms with van der Waals surface area (Å²) in [5, 5.41) is 9.05. The van der Waals surface area contributed by atoms with Gasteiger partial charge in [-0.25, -0.2) is 25.6 Å². The van der Waals surface area contributed by atoms with Crippen LogP contribution >= 0.6 is 0 Å². The third-order valence-electron chi connectivity index (χ3n) is 6.61. The lowest BCUT2D eigenvalue weighted by Gasteiger charge is -2.50. The lowest BCUT2D eigenvalue weighted by atomic mass is 9.75. The van der Waals surface area contributed by atoms with E-state index in [0.29, 0.717) is 0 Å². The highest BCUT2D eigenvalue weighted by Gasteiger charge is 2.61. The zero-order valence-corrected chi connectivity index (χ0v) is 20.6. The zero-order valence-electron chi connectivity index (χ0n) is 19.0. The molecule has 3 atom stereocenters. The van der Waals surface area contributed by atoms with Crippen LogP contribution in [0.15, 0.2) is 41.3 Å². The maximum Gasteiger partial charge on any atom is 0.402 e. The summed E-state index contributed by atoms with van der Waals surface area (Å²) in [4.78, 5) is -0.307. The molecule has 1 unspecified atom stereocenters. The summed E-state index contributed by atoms with van der Waals surface area (Å²) in [6.45, 7) is -0.849. The molecule has 2 heterocycles. The normalized spacial score (nSPS) is 23.9. The molecule has 0 bridgehead atoms. The Hall–Kier alpha value is -2.76. The Kier molecular flexibility index (Phi) is 7.02. The van der Waals surface area contributed by atoms with Crippen LogP contribution < -0.4 is 4.74 Å². The van der Waals surface area contributed by atoms with Gasteiger partial charge in [0.1, 0.15) is 16.3 Å². The monoisotopic (exact) mass is 565 g/mol. The van der Waals surface area contributed by atoms with Crippen molar-refractivity contribution in [2.75, 3.05) is 24.7 Å². The predicted octanol–water partition coefficient (Wildman–Crippen LogP) is 3.67. The SMILES string of the molecule is N#Cc1ccc(S(=O)(=O)[C@@]23CCO[C@@H](CCS(=O)(=O)CC(F)(F)F)C2COc2c(F)ccc(F)c23)cc1. The minimum absolute atomic E-state index is 0.150. The van der Waals surface area contributed by atoms with Gasteiger partial charge in [-0.2, -0.15) is 18.4 Å². The topological polar surface area (TPSA) is 111 Å². The Morgan fingerprint density at radius 2 is 1.68 bits per heavy atom. The number of ether oxygens (including phenoxy) is 2. The first kappa shape index (κ1) is 27.3. The number of halogens is 5. The van der Waals surface area contributed by atoms with Crippen LogP contribution in [0.25, 0.3) is 0 Å². The highest BCUT2D eigenvalue weighted by molar-refractivity contribution is 7.92. The van der Waals surface area contributed by atoms with Gasteiger partial charge in [0.25, 0.3) is 0 Å². The molecule has 2 aromatic rings. The van der Waals surface area contributed by atoms with Gasteiger partial charge in [-0.3, -0.25) is 0 Å². The second-order valence-corrected chi connectivity index (χ2v) is 13.2. The molecule has 0 saturated carbocycles. The number of alkyl halides is 3. The molecule has 0 N–H and O–H groups in total. The molecule has 0 spiro atoms. The highest BCUT2D eigenvalue weighted by Crippen LogP contribution is 2.55. The first-order valence-electron chi connectivity index (χ1n) is 11.0. The van der Waals surface area contributed by atoms with Crippen LogP contribution in [0.2, 0.25) is 0 Å². The van der Waals surface area contributed by atoms with Crippen molar-refractivity contribution in [3.8, 4) is 11.8 Å². The molecule has 2 aliphatic heterocycles. The summed E-state index contributed by atoms with van der Waals surface area (Å²) in [6, 6.07) is 8.12. The van der Waals surface area contributed by atoms with Gasteiger partial charge in [0.05, 0.1) is 40.6 Å². The number of hydrogen-bond donors (Lipinski definition) is 0. The van der Waals surface area contributed by atoms with Gasteiger partial charge >= 0.3 is 6.18 Å². The van der Waals surface area contributed by atoms with Gasteiger partial charge in [0, 0.05) is 12.5 Å². The van der Waals surface area contributed by atoms with E-state index in [1.165, 1.54) is 12.1 Å². The fourth-order valence-corrected chi connectivity index (χ4v) is 8.63. The lowest BCUT2D eigenvalue weighted by Crippen LogP contribution is -2.57. The number of nitriles is 1. The van der Waals surface area contributed by atoms with Gasteiger partial charge in [-0.05, 0) is 49.2 Å². The molecule has 0 aromatic heterocycles. The summed E-state index contributed by atoms with van der Waals surface area (Å²) < 4.78 is 129. The molecule has 4 rings (SSSR count). The summed E-state index contributed by atoms with van der Waals surface area (Å²) in [5.41, 5.74) is -0.433. The Bertz CT molecular complexity index is 1450. The van der Waals surface area contributed by atoms with E-state index in [1.54, 1.807) is 0 Å². The van der Waals surface area contributed by atoms with Crippen LogP contribution in [-0.2, 0) is 29.2 Å². The second kappa shape index (κ2) is 9.52. The Labute approximate surface area is 209 Å². The Morgan fingerprint density at radius 3 is 2.30 bits per heavy atom. The molecule has 1 fully saturated rings. The summed E-state index contributed by atoms with van der Waals surface area (Å²) in [6.07, 6.45) is -7.12. The van der Waals surface area contributed by atoms with Crippen molar-refractivity contribution in [3.05, 3.63) is 59.2 Å². The molecule has 14 heteroatoms. The lowest BCUT2D eigenvalue weighted by molar-refractivity contribution is -0.106. The maximum absolute atomic E-state index is 15.3. The van der Waals surface area contributed by atoms with E-state index in [-0.39, 0.29) is 23.5 Å². The number of rotatable bonds is 6. The first-order chi connectivity index (χ1) is 17.2. The molecule has 37 heavy (non-hydrogen) atoms. The quantitative estimate of drug-likeness (QED) is 0.492. The average molecular weight is 566 g/mol. The first-order valence-corrected chi connectivity index (χ1v) is 14.3. The van der Waals surface area contributed by atoms with Gasteiger partial charge in [-0.15, -0.1) is 0 Å². The van der Waals surface area contributed by atoms with Crippen LogP contribution in [0, 0.1) is 28.9 Å². The van der Waals surface area contributed by atoms with E-state index in [1.807, 2.05) is 6.07 Å². The highest BCUT2D eigenvalue weighted by atomic mass is 32.2. The van der Waals surface area contributed by atoms with Crippen LogP contribution in [0.5, 0.6) is 5.75 Å². The standard InChI is InChI=1S/C23H20F5NO6S2/c24-17-5-6-18(25)21-20(17)22(37(32,33)15-3-1-14(11-29)2-4-15)8-9-34-19(16(22)12-35-21)7-10-36(30,31)13-23(26,27)28/h1-6,16,19H,7-10,12-13H2/t16?,19-,22-/m0/s1. The van der Waals surface area contributed by atoms with Crippen LogP contribution in [-0.4, -0.2) is 53.8 Å². The van der Waals surface area contributed by atoms with Crippen molar-refractivity contribution in [2.24, 2.45) is 5.92 Å². The van der Waals surface area contributed by atoms with Gasteiger partial charge < -0.3 is 9.47 Å². The molecular formula is C23H20F5NO6S2. The molecule has 0 amide bonds. The summed E-state index contributed by atoms with van der Waals surface area (Å²) >= 11 is 0. The number of hydrogen-bond acceptors (Lipinski definition) is 7. The zero-order chi connectivity index (χ0) is 27.2. The third kappa shape index (κ3) is 4.92. The maximum atomic E-state index is 15.3. The predicted molar refractivity (Wildman–Crippen MR) is 119 cm³/mol. The van der Waals surface area contributed by atoms with E-state index in [4.69, 9.17) is 14.7 Å². The molecule has 7 nitrogen and oxygen atoms in total. The average Bonchev–Trinajstić information content (AvgIpc) is 2.83. The van der Waals surface area contributed by atoms with E-state index in [0.717, 1.165) is 24.3 Å². The third-order valence-corrected chi connectivity index (χ3v) is 10.8. The number of fused-ring (bicyclic) bond motifs is 3. The molecule has 0 aliphatic carbocycles. The Balaban J connectivity index is 1.84. The smallest absolute Gasteiger partial charge is 0.402 e. The van der Waals surface area contributed by atoms with E-state index in [9.17, 15) is 34.4 Å². The number of sulfone groups is 2. The van der Waals surface area contributed by atoms with Crippen molar-refractivity contribution >= 4 is 19.7 Å². The minimum Gasteiger partial charge on any atom is -0.490 e. The Morgan fingerprint density at radius 1 is 1.03 bits per heavy atom. The van der Waals surface area contributed by atoms with Gasteiger partial charge in [0.2, 0.25) is 0 Å². The van der Waals surface area contributed by atoms with Crippen LogP contribution in [0.3, 0.4) is 0 Å². The second-order valence-electron chi connectivity index (χ2n) is 8.84. The van der Waals surface area contributed by atoms with Crippen molar-refractivity contribution in [3.63, 3.8) is 0 Å². The van der Waals surface area contributed by atoms with Crippen molar-refractivity contribution in [2.45, 2.75) is 34.8 Å². The van der Waals surface area contributed by atoms with E-state index >= 15 is 4.39 Å². The van der Waals surface area contributed by atoms with E-state index in [2.05, 4.69) is 0 Å². The molecular weight excluding hydrogens is 545 g/mol. The van der Waals surface area contributed by atoms with Gasteiger partial charge in [0.15, 0.2) is 31.2 Å². The van der Waals surface area contributed by atoms with Gasteiger partial charge in [-0.1, -0.05) is 0 Å². The van der Waals surface area contributed by atoms with Crippen LogP contribution in [0.1, 0.15) is 24.0 Å². The minimum atomic E-state index is -4.97. The van der Waals surface area contributed by atoms with E-state index < -0.39 is 90.1 Å².